The molecular weight excluding hydrogens is 251 g/mol. The summed E-state index contributed by atoms with van der Waals surface area (Å²) in [6.07, 6.45) is 7.30. The Hall–Kier alpha value is -1.05. The lowest BCUT2D eigenvalue weighted by atomic mass is 9.39. The first-order chi connectivity index (χ1) is 9.32. The Morgan fingerprint density at radius 3 is 2.30 bits per heavy atom. The third-order valence-corrected chi connectivity index (χ3v) is 6.16. The largest absolute Gasteiger partial charge is 0.508 e. The zero-order chi connectivity index (χ0) is 14.2. The van der Waals surface area contributed by atoms with Crippen LogP contribution in [0.4, 0.5) is 4.39 Å². The Labute approximate surface area is 120 Å². The maximum Gasteiger partial charge on any atom is 0.123 e. The van der Waals surface area contributed by atoms with E-state index in [-0.39, 0.29) is 11.2 Å². The summed E-state index contributed by atoms with van der Waals surface area (Å²) in [5.41, 5.74) is 1.65. The molecule has 1 N–H and O–H groups in total. The van der Waals surface area contributed by atoms with E-state index in [0.29, 0.717) is 16.6 Å². The molecule has 4 aliphatic carbocycles. The lowest BCUT2D eigenvalue weighted by Gasteiger charge is -2.65. The van der Waals surface area contributed by atoms with E-state index in [4.69, 9.17) is 0 Å². The minimum Gasteiger partial charge on any atom is -0.508 e. The summed E-state index contributed by atoms with van der Waals surface area (Å²) in [4.78, 5) is 0. The molecule has 108 valence electrons. The first kappa shape index (κ1) is 12.7. The first-order valence-corrected chi connectivity index (χ1v) is 7.81. The van der Waals surface area contributed by atoms with Crippen LogP contribution < -0.4 is 0 Å². The number of phenols is 1. The van der Waals surface area contributed by atoms with Crippen molar-refractivity contribution in [3.63, 3.8) is 0 Å². The molecule has 4 bridgehead atoms. The molecule has 5 rings (SSSR count). The number of aromatic hydroxyl groups is 1. The van der Waals surface area contributed by atoms with Gasteiger partial charge in [-0.1, -0.05) is 13.8 Å². The van der Waals surface area contributed by atoms with Crippen molar-refractivity contribution in [2.75, 3.05) is 0 Å². The second-order valence-corrected chi connectivity index (χ2v) is 8.57. The lowest BCUT2D eigenvalue weighted by Crippen LogP contribution is -2.56. The normalized spacial score (nSPS) is 45.9. The molecule has 0 aliphatic heterocycles. The minimum atomic E-state index is -0.219. The molecule has 4 fully saturated rings. The summed E-state index contributed by atoms with van der Waals surface area (Å²) in [6, 6.07) is 4.49. The Morgan fingerprint density at radius 1 is 1.05 bits per heavy atom. The van der Waals surface area contributed by atoms with Crippen LogP contribution in [0.25, 0.3) is 0 Å². The summed E-state index contributed by atoms with van der Waals surface area (Å²) >= 11 is 0. The van der Waals surface area contributed by atoms with Crippen LogP contribution in [0.2, 0.25) is 0 Å². The van der Waals surface area contributed by atoms with Gasteiger partial charge in [0, 0.05) is 11.0 Å². The van der Waals surface area contributed by atoms with Crippen molar-refractivity contribution in [2.24, 2.45) is 16.7 Å². The fourth-order valence-electron chi connectivity index (χ4n) is 6.68. The van der Waals surface area contributed by atoms with Gasteiger partial charge < -0.3 is 5.11 Å². The Bertz CT molecular complexity index is 561. The van der Waals surface area contributed by atoms with Crippen LogP contribution in [0, 0.1) is 22.6 Å². The van der Waals surface area contributed by atoms with E-state index in [1.165, 1.54) is 31.4 Å². The van der Waals surface area contributed by atoms with Crippen molar-refractivity contribution in [1.82, 2.24) is 0 Å². The number of benzene rings is 1. The smallest absolute Gasteiger partial charge is 0.123 e. The van der Waals surface area contributed by atoms with E-state index in [0.717, 1.165) is 30.7 Å². The second kappa shape index (κ2) is 3.58. The number of hydrogen-bond donors (Lipinski definition) is 1. The highest BCUT2D eigenvalue weighted by molar-refractivity contribution is 5.42. The van der Waals surface area contributed by atoms with Crippen LogP contribution in [0.5, 0.6) is 5.75 Å². The van der Waals surface area contributed by atoms with Gasteiger partial charge in [-0.05, 0) is 73.5 Å². The number of hydrogen-bond acceptors (Lipinski definition) is 1. The zero-order valence-corrected chi connectivity index (χ0v) is 12.4. The molecule has 20 heavy (non-hydrogen) atoms. The maximum absolute atomic E-state index is 13.7. The molecule has 1 aromatic carbocycles. The quantitative estimate of drug-likeness (QED) is 0.781. The topological polar surface area (TPSA) is 20.2 Å². The molecule has 0 radical (unpaired) electrons. The van der Waals surface area contributed by atoms with E-state index >= 15 is 0 Å². The molecule has 0 saturated heterocycles. The van der Waals surface area contributed by atoms with Gasteiger partial charge in [-0.15, -0.1) is 0 Å². The van der Waals surface area contributed by atoms with Crippen LogP contribution >= 0.6 is 0 Å². The molecule has 0 spiro atoms. The minimum absolute atomic E-state index is 0.00903. The van der Waals surface area contributed by atoms with Crippen molar-refractivity contribution in [1.29, 1.82) is 0 Å². The number of rotatable bonds is 1. The SMILES string of the molecule is CC12CC3CC(C)(C1)CC(c1cc(F)ccc1O)(C3)C2. The lowest BCUT2D eigenvalue weighted by molar-refractivity contribution is -0.110. The highest BCUT2D eigenvalue weighted by atomic mass is 19.1. The van der Waals surface area contributed by atoms with Gasteiger partial charge >= 0.3 is 0 Å². The van der Waals surface area contributed by atoms with Gasteiger partial charge in [0.15, 0.2) is 0 Å². The van der Waals surface area contributed by atoms with Gasteiger partial charge in [-0.25, -0.2) is 4.39 Å². The standard InChI is InChI=1S/C18H23FO/c1-16-6-12-7-17(2,9-16)11-18(8-12,10-16)14-5-13(19)3-4-15(14)20/h3-5,12,20H,6-11H2,1-2H3. The van der Waals surface area contributed by atoms with Crippen LogP contribution in [-0.2, 0) is 5.41 Å². The van der Waals surface area contributed by atoms with E-state index in [1.807, 2.05) is 0 Å². The van der Waals surface area contributed by atoms with E-state index in [1.54, 1.807) is 6.07 Å². The summed E-state index contributed by atoms with van der Waals surface area (Å²) in [7, 11) is 0. The summed E-state index contributed by atoms with van der Waals surface area (Å²) in [5.74, 6) is 0.827. The van der Waals surface area contributed by atoms with Crippen LogP contribution in [0.1, 0.15) is 57.9 Å². The molecule has 0 heterocycles. The highest BCUT2D eigenvalue weighted by Crippen LogP contribution is 2.70. The first-order valence-electron chi connectivity index (χ1n) is 7.81. The van der Waals surface area contributed by atoms with Crippen molar-refractivity contribution < 1.29 is 9.50 Å². The maximum atomic E-state index is 13.7. The predicted octanol–water partition coefficient (Wildman–Crippen LogP) is 4.78. The van der Waals surface area contributed by atoms with Gasteiger partial charge in [0.25, 0.3) is 0 Å². The van der Waals surface area contributed by atoms with Gasteiger partial charge in [-0.3, -0.25) is 0 Å². The Balaban J connectivity index is 1.86. The fraction of sp³-hybridized carbons (Fsp3) is 0.667. The summed E-state index contributed by atoms with van der Waals surface area (Å²) < 4.78 is 13.7. The van der Waals surface area contributed by atoms with E-state index in [9.17, 15) is 9.50 Å². The molecule has 2 unspecified atom stereocenters. The monoisotopic (exact) mass is 274 g/mol. The van der Waals surface area contributed by atoms with Crippen molar-refractivity contribution in [3.05, 3.63) is 29.6 Å². The van der Waals surface area contributed by atoms with Gasteiger partial charge in [0.2, 0.25) is 0 Å². The average Bonchev–Trinajstić information content (AvgIpc) is 2.27. The predicted molar refractivity (Wildman–Crippen MR) is 77.1 cm³/mol. The molecule has 0 aromatic heterocycles. The molecule has 2 heteroatoms. The summed E-state index contributed by atoms with van der Waals surface area (Å²) in [5, 5.41) is 10.3. The number of halogens is 1. The molecule has 2 atom stereocenters. The van der Waals surface area contributed by atoms with Crippen LogP contribution in [-0.4, -0.2) is 5.11 Å². The zero-order valence-electron chi connectivity index (χ0n) is 12.4. The van der Waals surface area contributed by atoms with E-state index < -0.39 is 0 Å². The molecular formula is C18H23FO. The summed E-state index contributed by atoms with van der Waals surface area (Å²) in [6.45, 7) is 4.81. The van der Waals surface area contributed by atoms with Crippen LogP contribution in [0.3, 0.4) is 0 Å². The van der Waals surface area contributed by atoms with E-state index in [2.05, 4.69) is 13.8 Å². The number of phenolic OH excluding ortho intramolecular Hbond substituents is 1. The molecule has 1 aromatic rings. The average molecular weight is 274 g/mol. The fourth-order valence-corrected chi connectivity index (χ4v) is 6.68. The third kappa shape index (κ3) is 1.66. The molecule has 4 aliphatic rings. The van der Waals surface area contributed by atoms with Crippen LogP contribution in [0.15, 0.2) is 18.2 Å². The third-order valence-electron chi connectivity index (χ3n) is 6.16. The molecule has 1 nitrogen and oxygen atoms in total. The molecule has 0 amide bonds. The van der Waals surface area contributed by atoms with Gasteiger partial charge in [0.05, 0.1) is 0 Å². The molecule has 4 saturated carbocycles. The van der Waals surface area contributed by atoms with Crippen molar-refractivity contribution in [3.8, 4) is 5.75 Å². The van der Waals surface area contributed by atoms with Gasteiger partial charge in [0.1, 0.15) is 11.6 Å². The Morgan fingerprint density at radius 2 is 1.70 bits per heavy atom. The van der Waals surface area contributed by atoms with Crippen molar-refractivity contribution in [2.45, 2.75) is 57.8 Å². The Kier molecular flexibility index (Phi) is 2.27. The second-order valence-electron chi connectivity index (χ2n) is 8.57. The van der Waals surface area contributed by atoms with Gasteiger partial charge in [-0.2, -0.15) is 0 Å². The highest BCUT2D eigenvalue weighted by Gasteiger charge is 2.61. The van der Waals surface area contributed by atoms with Crippen molar-refractivity contribution >= 4 is 0 Å².